The number of nitrogens with one attached hydrogen (secondary N) is 1. The van der Waals surface area contributed by atoms with E-state index in [0.29, 0.717) is 0 Å². The number of nitrogens with two attached hydrogens (primary N) is 1. The van der Waals surface area contributed by atoms with E-state index < -0.39 is 0 Å². The quantitative estimate of drug-likeness (QED) is 0.139. The Labute approximate surface area is 329 Å². The summed E-state index contributed by atoms with van der Waals surface area (Å²) in [5.41, 5.74) is 9.55. The van der Waals surface area contributed by atoms with Gasteiger partial charge in [0.25, 0.3) is 0 Å². The second-order valence-electron chi connectivity index (χ2n) is 13.1. The number of nitrogens with zero attached hydrogens (tertiary/aromatic N) is 6. The number of fused-ring (bicyclic) bond motifs is 2. The van der Waals surface area contributed by atoms with Crippen molar-refractivity contribution in [2.45, 2.75) is 16.3 Å². The molecule has 0 radical (unpaired) electrons. The van der Waals surface area contributed by atoms with E-state index in [1.165, 1.54) is 33.5 Å². The monoisotopic (exact) mass is 766 g/mol. The van der Waals surface area contributed by atoms with Gasteiger partial charge in [-0.15, -0.1) is 0 Å². The fourth-order valence-electron chi connectivity index (χ4n) is 6.75. The Hall–Kier alpha value is -5.08. The van der Waals surface area contributed by atoms with E-state index in [2.05, 4.69) is 108 Å². The van der Waals surface area contributed by atoms with Crippen LogP contribution in [-0.4, -0.2) is 72.5 Å². The number of anilines is 2. The molecule has 3 N–H and O–H groups in total. The van der Waals surface area contributed by atoms with Crippen LogP contribution >= 0.6 is 23.9 Å². The number of hydrogen-bond donors (Lipinski definition) is 2. The van der Waals surface area contributed by atoms with Gasteiger partial charge in [-0.25, -0.2) is 15.0 Å². The number of ether oxygens (including phenoxy) is 2. The highest BCUT2D eigenvalue weighted by Crippen LogP contribution is 2.32. The van der Waals surface area contributed by atoms with E-state index in [9.17, 15) is 0 Å². The topological polar surface area (TPSA) is 115 Å². The van der Waals surface area contributed by atoms with Crippen LogP contribution in [0.1, 0.15) is 5.56 Å². The van der Waals surface area contributed by atoms with Gasteiger partial charge < -0.3 is 19.3 Å². The molecule has 12 heteroatoms. The summed E-state index contributed by atoms with van der Waals surface area (Å²) >= 11 is 2.90. The molecule has 7 aromatic rings. The van der Waals surface area contributed by atoms with Gasteiger partial charge in [0.2, 0.25) is 0 Å². The minimum atomic E-state index is 0.737. The van der Waals surface area contributed by atoms with Crippen molar-refractivity contribution in [1.82, 2.24) is 24.7 Å². The third-order valence-corrected chi connectivity index (χ3v) is 10.9. The van der Waals surface area contributed by atoms with Gasteiger partial charge in [-0.3, -0.25) is 14.8 Å². The Morgan fingerprint density at radius 3 is 2.15 bits per heavy atom. The van der Waals surface area contributed by atoms with Crippen LogP contribution in [0.4, 0.5) is 11.5 Å². The van der Waals surface area contributed by atoms with E-state index in [1.54, 1.807) is 18.3 Å². The van der Waals surface area contributed by atoms with Crippen molar-refractivity contribution in [1.29, 1.82) is 0 Å². The number of hydrogen-bond acceptors (Lipinski definition) is 12. The summed E-state index contributed by atoms with van der Waals surface area (Å²) in [6, 6.07) is 39.7. The van der Waals surface area contributed by atoms with Gasteiger partial charge in [0.15, 0.2) is 0 Å². The van der Waals surface area contributed by atoms with E-state index in [0.717, 1.165) is 109 Å². The molecule has 0 aliphatic carbocycles. The van der Waals surface area contributed by atoms with Crippen LogP contribution in [0.2, 0.25) is 0 Å². The van der Waals surface area contributed by atoms with Gasteiger partial charge in [0, 0.05) is 59.7 Å². The zero-order valence-electron chi connectivity index (χ0n) is 30.4. The van der Waals surface area contributed by atoms with Crippen LogP contribution in [-0.2, 0) is 16.0 Å². The standard InChI is InChI=1S/C25H24N4OS.C18H18N4OS/c1-2-5-19(6-3-1)17-28-31-22-8-4-7-20(15-22)21-9-10-24-23(16-21)25(27-18-26-24)29-11-13-30-14-12-29;19-24-14-3-1-2-13(12-14)15-4-5-16-18(21-15)17(6-7-20-16)22-8-10-23-11-9-22/h1-10,15-16,18,28H,11-14,17H2;1-7,12H,8-11,19H2. The van der Waals surface area contributed by atoms with Crippen LogP contribution in [0, 0.1) is 0 Å². The third-order valence-electron chi connectivity index (χ3n) is 9.58. The van der Waals surface area contributed by atoms with E-state index in [1.807, 2.05) is 42.6 Å². The lowest BCUT2D eigenvalue weighted by molar-refractivity contribution is 0.122. The van der Waals surface area contributed by atoms with E-state index in [4.69, 9.17) is 19.6 Å². The lowest BCUT2D eigenvalue weighted by Gasteiger charge is -2.29. The molecule has 5 heterocycles. The maximum atomic E-state index is 5.68. The lowest BCUT2D eigenvalue weighted by Crippen LogP contribution is -2.36. The van der Waals surface area contributed by atoms with E-state index >= 15 is 0 Å². The molecule has 0 unspecified atom stereocenters. The molecule has 9 rings (SSSR count). The molecule has 2 aliphatic rings. The lowest BCUT2D eigenvalue weighted by atomic mass is 10.0. The summed E-state index contributed by atoms with van der Waals surface area (Å²) < 4.78 is 14.4. The molecule has 0 spiro atoms. The van der Waals surface area contributed by atoms with Crippen LogP contribution in [0.5, 0.6) is 0 Å². The Morgan fingerprint density at radius 1 is 0.636 bits per heavy atom. The first-order valence-corrected chi connectivity index (χ1v) is 20.1. The van der Waals surface area contributed by atoms with Crippen molar-refractivity contribution in [3.8, 4) is 22.4 Å². The number of morpholine rings is 2. The zero-order valence-corrected chi connectivity index (χ0v) is 32.0. The van der Waals surface area contributed by atoms with Gasteiger partial charge in [-0.2, -0.15) is 0 Å². The summed E-state index contributed by atoms with van der Waals surface area (Å²) in [5, 5.41) is 6.76. The molecular formula is C43H42N8O2S2. The number of rotatable bonds is 9. The fourth-order valence-corrected chi connectivity index (χ4v) is 7.84. The zero-order chi connectivity index (χ0) is 37.2. The molecular weight excluding hydrogens is 725 g/mol. The SMILES string of the molecule is NSc1cccc(-c2ccc3nccc(N4CCOCC4)c3n2)c1.c1ccc(CNSc2cccc(-c3ccc4ncnc(N5CCOCC5)c4c3)c2)cc1. The average molecular weight is 767 g/mol. The maximum Gasteiger partial charge on any atom is 0.140 e. The number of benzene rings is 4. The molecule has 0 atom stereocenters. The molecule has 3 aromatic heterocycles. The summed E-state index contributed by atoms with van der Waals surface area (Å²) in [4.78, 5) is 25.2. The normalized spacial score (nSPS) is 14.5. The minimum Gasteiger partial charge on any atom is -0.378 e. The molecule has 2 saturated heterocycles. The molecule has 2 aliphatic heterocycles. The highest BCUT2D eigenvalue weighted by atomic mass is 32.2. The first-order chi connectivity index (χ1) is 27.2. The maximum absolute atomic E-state index is 5.68. The van der Waals surface area contributed by atoms with Gasteiger partial charge in [0.05, 0.1) is 48.8 Å². The van der Waals surface area contributed by atoms with Crippen molar-refractivity contribution in [3.63, 3.8) is 0 Å². The second kappa shape index (κ2) is 18.0. The predicted molar refractivity (Wildman–Crippen MR) is 225 cm³/mol. The summed E-state index contributed by atoms with van der Waals surface area (Å²) in [5.74, 6) is 0.991. The highest BCUT2D eigenvalue weighted by molar-refractivity contribution is 7.97. The fraction of sp³-hybridized carbons (Fsp3) is 0.209. The van der Waals surface area contributed by atoms with Crippen LogP contribution in [0.3, 0.4) is 0 Å². The average Bonchev–Trinajstić information content (AvgIpc) is 3.27. The van der Waals surface area contributed by atoms with Crippen LogP contribution in [0.15, 0.2) is 138 Å². The van der Waals surface area contributed by atoms with Crippen molar-refractivity contribution in [2.24, 2.45) is 5.14 Å². The van der Waals surface area contributed by atoms with Crippen molar-refractivity contribution in [2.75, 3.05) is 62.4 Å². The smallest absolute Gasteiger partial charge is 0.140 e. The predicted octanol–water partition coefficient (Wildman–Crippen LogP) is 8.03. The van der Waals surface area contributed by atoms with Crippen molar-refractivity contribution in [3.05, 3.63) is 133 Å². The second-order valence-corrected chi connectivity index (χ2v) is 14.8. The van der Waals surface area contributed by atoms with E-state index in [-0.39, 0.29) is 0 Å². The molecule has 278 valence electrons. The molecule has 0 bridgehead atoms. The molecule has 10 nitrogen and oxygen atoms in total. The Kier molecular flexibility index (Phi) is 12.1. The summed E-state index contributed by atoms with van der Waals surface area (Å²) in [6.07, 6.45) is 3.50. The molecule has 0 saturated carbocycles. The Balaban J connectivity index is 0.000000160. The van der Waals surface area contributed by atoms with Gasteiger partial charge in [0.1, 0.15) is 17.7 Å². The van der Waals surface area contributed by atoms with Crippen molar-refractivity contribution < 1.29 is 9.47 Å². The summed E-state index contributed by atoms with van der Waals surface area (Å²) in [7, 11) is 0. The third kappa shape index (κ3) is 9.08. The molecule has 2 fully saturated rings. The first kappa shape index (κ1) is 36.9. The first-order valence-electron chi connectivity index (χ1n) is 18.4. The van der Waals surface area contributed by atoms with Crippen LogP contribution < -0.4 is 19.7 Å². The highest BCUT2D eigenvalue weighted by Gasteiger charge is 2.17. The summed E-state index contributed by atoms with van der Waals surface area (Å²) in [6.45, 7) is 7.27. The van der Waals surface area contributed by atoms with Gasteiger partial charge in [-0.05, 0) is 95.2 Å². The Morgan fingerprint density at radius 2 is 1.35 bits per heavy atom. The Bertz CT molecular complexity index is 2350. The molecule has 4 aromatic carbocycles. The molecule has 55 heavy (non-hydrogen) atoms. The van der Waals surface area contributed by atoms with Gasteiger partial charge in [-0.1, -0.05) is 60.7 Å². The van der Waals surface area contributed by atoms with Gasteiger partial charge >= 0.3 is 0 Å². The number of aromatic nitrogens is 4. The van der Waals surface area contributed by atoms with Crippen molar-refractivity contribution >= 4 is 57.3 Å². The van der Waals surface area contributed by atoms with Crippen LogP contribution in [0.25, 0.3) is 44.3 Å². The molecule has 0 amide bonds. The number of pyridine rings is 2. The largest absolute Gasteiger partial charge is 0.378 e. The minimum absolute atomic E-state index is 0.737.